The van der Waals surface area contributed by atoms with Gasteiger partial charge in [-0.05, 0) is 58.8 Å². The minimum absolute atomic E-state index is 0.214. The monoisotopic (exact) mass is 358 g/mol. The normalized spacial score (nSPS) is 30.0. The summed E-state index contributed by atoms with van der Waals surface area (Å²) in [5.74, 6) is 0.426. The molecule has 1 aliphatic carbocycles. The number of benzene rings is 1. The summed E-state index contributed by atoms with van der Waals surface area (Å²) in [6.45, 7) is 4.26. The highest BCUT2D eigenvalue weighted by molar-refractivity contribution is 9.10. The van der Waals surface area contributed by atoms with E-state index < -0.39 is 5.54 Å². The van der Waals surface area contributed by atoms with Gasteiger partial charge in [-0.2, -0.15) is 0 Å². The Labute approximate surface area is 133 Å². The first kappa shape index (κ1) is 15.6. The summed E-state index contributed by atoms with van der Waals surface area (Å²) >= 11 is 9.41. The van der Waals surface area contributed by atoms with Crippen molar-refractivity contribution in [3.63, 3.8) is 0 Å². The Balaban J connectivity index is 2.33. The van der Waals surface area contributed by atoms with Crippen molar-refractivity contribution >= 4 is 39.1 Å². The molecule has 0 saturated heterocycles. The van der Waals surface area contributed by atoms with Crippen molar-refractivity contribution in [3.8, 4) is 0 Å². The predicted octanol–water partition coefficient (Wildman–Crippen LogP) is 4.19. The van der Waals surface area contributed by atoms with Gasteiger partial charge in [0.25, 0.3) is 0 Å². The molecule has 2 rings (SSSR count). The molecule has 110 valence electrons. The SMILES string of the molecule is CC1CCC(C)C(Nc2ccc(Cl)c(Br)c2)(C(N)=O)C1. The van der Waals surface area contributed by atoms with Crippen LogP contribution < -0.4 is 11.1 Å². The molecule has 0 bridgehead atoms. The van der Waals surface area contributed by atoms with Crippen LogP contribution in [0.5, 0.6) is 0 Å². The van der Waals surface area contributed by atoms with Crippen molar-refractivity contribution in [1.82, 2.24) is 0 Å². The lowest BCUT2D eigenvalue weighted by Crippen LogP contribution is -2.57. The van der Waals surface area contributed by atoms with Crippen LogP contribution in [0, 0.1) is 11.8 Å². The maximum absolute atomic E-state index is 12.1. The number of halogens is 2. The van der Waals surface area contributed by atoms with Crippen LogP contribution in [0.2, 0.25) is 5.02 Å². The van der Waals surface area contributed by atoms with E-state index in [2.05, 4.69) is 35.1 Å². The number of nitrogens with one attached hydrogen (secondary N) is 1. The number of rotatable bonds is 3. The molecule has 1 amide bonds. The molecule has 5 heteroatoms. The summed E-state index contributed by atoms with van der Waals surface area (Å²) in [6.07, 6.45) is 2.91. The molecule has 0 radical (unpaired) electrons. The second-order valence-corrected chi connectivity index (χ2v) is 7.14. The number of carbonyl (C=O) groups excluding carboxylic acids is 1. The lowest BCUT2D eigenvalue weighted by atomic mass is 9.69. The predicted molar refractivity (Wildman–Crippen MR) is 86.9 cm³/mol. The Morgan fingerprint density at radius 3 is 2.75 bits per heavy atom. The van der Waals surface area contributed by atoms with Crippen molar-refractivity contribution in [2.45, 2.75) is 38.6 Å². The van der Waals surface area contributed by atoms with Gasteiger partial charge in [-0.3, -0.25) is 4.79 Å². The second-order valence-electron chi connectivity index (χ2n) is 5.88. The number of primary amides is 1. The van der Waals surface area contributed by atoms with Crippen LogP contribution in [0.4, 0.5) is 5.69 Å². The molecule has 3 N–H and O–H groups in total. The Bertz CT molecular complexity index is 523. The van der Waals surface area contributed by atoms with E-state index in [1.165, 1.54) is 0 Å². The summed E-state index contributed by atoms with van der Waals surface area (Å²) < 4.78 is 0.806. The van der Waals surface area contributed by atoms with Crippen LogP contribution in [-0.2, 0) is 4.79 Å². The molecule has 0 aromatic heterocycles. The third kappa shape index (κ3) is 2.96. The van der Waals surface area contributed by atoms with Crippen molar-refractivity contribution in [3.05, 3.63) is 27.7 Å². The minimum Gasteiger partial charge on any atom is -0.371 e. The van der Waals surface area contributed by atoms with Gasteiger partial charge in [0, 0.05) is 10.2 Å². The average molecular weight is 360 g/mol. The summed E-state index contributed by atoms with van der Waals surface area (Å²) in [5, 5.41) is 4.03. The molecule has 0 aliphatic heterocycles. The fourth-order valence-corrected chi connectivity index (χ4v) is 3.54. The first-order valence-corrected chi connectivity index (χ1v) is 8.05. The van der Waals surface area contributed by atoms with E-state index in [0.717, 1.165) is 29.4 Å². The molecule has 0 heterocycles. The molecule has 1 saturated carbocycles. The zero-order valence-corrected chi connectivity index (χ0v) is 14.1. The minimum atomic E-state index is -0.676. The van der Waals surface area contributed by atoms with Crippen LogP contribution in [-0.4, -0.2) is 11.4 Å². The summed E-state index contributed by atoms with van der Waals surface area (Å²) in [7, 11) is 0. The zero-order valence-electron chi connectivity index (χ0n) is 11.7. The van der Waals surface area contributed by atoms with E-state index in [9.17, 15) is 4.79 Å². The van der Waals surface area contributed by atoms with Gasteiger partial charge in [-0.1, -0.05) is 31.9 Å². The summed E-state index contributed by atoms with van der Waals surface area (Å²) in [6, 6.07) is 5.57. The Morgan fingerprint density at radius 1 is 1.45 bits per heavy atom. The third-order valence-corrected chi connectivity index (χ3v) is 5.54. The number of hydrogen-bond donors (Lipinski definition) is 2. The number of hydrogen-bond acceptors (Lipinski definition) is 2. The highest BCUT2D eigenvalue weighted by atomic mass is 79.9. The molecule has 1 aromatic carbocycles. The number of amides is 1. The lowest BCUT2D eigenvalue weighted by Gasteiger charge is -2.43. The van der Waals surface area contributed by atoms with Gasteiger partial charge in [0.2, 0.25) is 5.91 Å². The van der Waals surface area contributed by atoms with E-state index in [-0.39, 0.29) is 11.8 Å². The standard InChI is InChI=1S/C15H20BrClN2O/c1-9-3-4-10(2)15(8-9,14(18)20)19-11-5-6-13(17)12(16)7-11/h5-7,9-10,19H,3-4,8H2,1-2H3,(H2,18,20). The quantitative estimate of drug-likeness (QED) is 0.850. The van der Waals surface area contributed by atoms with Crippen LogP contribution in [0.25, 0.3) is 0 Å². The van der Waals surface area contributed by atoms with Gasteiger partial charge >= 0.3 is 0 Å². The van der Waals surface area contributed by atoms with Crippen molar-refractivity contribution < 1.29 is 4.79 Å². The molecular weight excluding hydrogens is 340 g/mol. The van der Waals surface area contributed by atoms with E-state index >= 15 is 0 Å². The van der Waals surface area contributed by atoms with Gasteiger partial charge in [0.15, 0.2) is 0 Å². The largest absolute Gasteiger partial charge is 0.371 e. The molecule has 20 heavy (non-hydrogen) atoms. The van der Waals surface area contributed by atoms with E-state index in [1.54, 1.807) is 6.07 Å². The topological polar surface area (TPSA) is 55.1 Å². The fourth-order valence-electron chi connectivity index (χ4n) is 3.04. The smallest absolute Gasteiger partial charge is 0.243 e. The van der Waals surface area contributed by atoms with Crippen LogP contribution in [0.15, 0.2) is 22.7 Å². The van der Waals surface area contributed by atoms with Gasteiger partial charge in [-0.25, -0.2) is 0 Å². The molecule has 1 aromatic rings. The molecule has 3 atom stereocenters. The zero-order chi connectivity index (χ0) is 14.9. The number of nitrogens with two attached hydrogens (primary N) is 1. The molecular formula is C15H20BrClN2O. The van der Waals surface area contributed by atoms with Gasteiger partial charge in [0.1, 0.15) is 5.54 Å². The van der Waals surface area contributed by atoms with Crippen LogP contribution >= 0.6 is 27.5 Å². The molecule has 1 fully saturated rings. The van der Waals surface area contributed by atoms with Crippen molar-refractivity contribution in [1.29, 1.82) is 0 Å². The fraction of sp³-hybridized carbons (Fsp3) is 0.533. The first-order chi connectivity index (χ1) is 9.35. The highest BCUT2D eigenvalue weighted by Gasteiger charge is 2.45. The Kier molecular flexibility index (Phi) is 4.65. The van der Waals surface area contributed by atoms with E-state index in [0.29, 0.717) is 10.9 Å². The molecule has 0 spiro atoms. The van der Waals surface area contributed by atoms with E-state index in [4.69, 9.17) is 17.3 Å². The van der Waals surface area contributed by atoms with Gasteiger partial charge < -0.3 is 11.1 Å². The molecule has 3 nitrogen and oxygen atoms in total. The Hall–Kier alpha value is -0.740. The Morgan fingerprint density at radius 2 is 2.15 bits per heavy atom. The number of carbonyl (C=O) groups is 1. The second kappa shape index (κ2) is 5.94. The highest BCUT2D eigenvalue weighted by Crippen LogP contribution is 2.40. The van der Waals surface area contributed by atoms with Gasteiger partial charge in [-0.15, -0.1) is 0 Å². The van der Waals surface area contributed by atoms with Gasteiger partial charge in [0.05, 0.1) is 5.02 Å². The van der Waals surface area contributed by atoms with Crippen LogP contribution in [0.3, 0.4) is 0 Å². The molecule has 1 aliphatic rings. The van der Waals surface area contributed by atoms with Crippen molar-refractivity contribution in [2.75, 3.05) is 5.32 Å². The average Bonchev–Trinajstić information content (AvgIpc) is 2.38. The summed E-state index contributed by atoms with van der Waals surface area (Å²) in [5.41, 5.74) is 5.92. The first-order valence-electron chi connectivity index (χ1n) is 6.88. The number of anilines is 1. The lowest BCUT2D eigenvalue weighted by molar-refractivity contribution is -0.125. The van der Waals surface area contributed by atoms with E-state index in [1.807, 2.05) is 12.1 Å². The molecule has 3 unspecified atom stereocenters. The maximum atomic E-state index is 12.1. The third-order valence-electron chi connectivity index (χ3n) is 4.33. The summed E-state index contributed by atoms with van der Waals surface area (Å²) in [4.78, 5) is 12.1. The maximum Gasteiger partial charge on any atom is 0.243 e. The van der Waals surface area contributed by atoms with Crippen LogP contribution in [0.1, 0.15) is 33.1 Å². The van der Waals surface area contributed by atoms with Crippen molar-refractivity contribution in [2.24, 2.45) is 17.6 Å².